The molecule has 2 aliphatic heterocycles. The van der Waals surface area contributed by atoms with Crippen LogP contribution in [-0.2, 0) is 0 Å². The highest BCUT2D eigenvalue weighted by molar-refractivity contribution is 4.78. The summed E-state index contributed by atoms with van der Waals surface area (Å²) >= 11 is 0. The van der Waals surface area contributed by atoms with Crippen LogP contribution in [0.5, 0.6) is 0 Å². The lowest BCUT2D eigenvalue weighted by atomic mass is 9.96. The third-order valence-electron chi connectivity index (χ3n) is 3.39. The molecule has 0 aromatic carbocycles. The molecule has 2 saturated heterocycles. The average molecular weight is 181 g/mol. The Labute approximate surface area is 81.7 Å². The zero-order chi connectivity index (χ0) is 9.10. The number of nitrogens with zero attached hydrogens (tertiary/aromatic N) is 2. The quantitative estimate of drug-likeness (QED) is 0.603. The molecule has 2 fully saturated rings. The minimum atomic E-state index is 0.573. The third-order valence-corrected chi connectivity index (χ3v) is 3.39. The Hall–Kier alpha value is -0.0800. The lowest BCUT2D eigenvalue weighted by Crippen LogP contribution is -2.48. The summed E-state index contributed by atoms with van der Waals surface area (Å²) in [5.41, 5.74) is 0. The van der Waals surface area contributed by atoms with Crippen LogP contribution in [-0.4, -0.2) is 30.7 Å². The van der Waals surface area contributed by atoms with Gasteiger partial charge < -0.3 is 0 Å². The summed E-state index contributed by atoms with van der Waals surface area (Å²) in [6.07, 6.45) is 7.40. The van der Waals surface area contributed by atoms with Gasteiger partial charge in [-0.05, 0) is 44.7 Å². The van der Waals surface area contributed by atoms with E-state index in [9.17, 15) is 0 Å². The van der Waals surface area contributed by atoms with Crippen LogP contribution >= 0.6 is 0 Å². The van der Waals surface area contributed by atoms with Crippen LogP contribution in [0.15, 0.2) is 0 Å². The number of rotatable bonds is 1. The predicted octanol–water partition coefficient (Wildman–Crippen LogP) is 1.83. The monoisotopic (exact) mass is 181 g/mol. The van der Waals surface area contributed by atoms with Gasteiger partial charge in [-0.3, -0.25) is 4.90 Å². The third kappa shape index (κ3) is 2.44. The summed E-state index contributed by atoms with van der Waals surface area (Å²) in [5, 5.41) is 4.73. The number of hydrogen-bond acceptors (Lipinski definition) is 1. The van der Waals surface area contributed by atoms with Crippen molar-refractivity contribution in [1.82, 2.24) is 10.2 Å². The Morgan fingerprint density at radius 1 is 1.15 bits per heavy atom. The van der Waals surface area contributed by atoms with Gasteiger partial charge in [0.15, 0.2) is 0 Å². The molecular formula is C11H21N2. The molecule has 75 valence electrons. The van der Waals surface area contributed by atoms with E-state index in [1.54, 1.807) is 0 Å². The molecule has 13 heavy (non-hydrogen) atoms. The van der Waals surface area contributed by atoms with E-state index < -0.39 is 0 Å². The fourth-order valence-corrected chi connectivity index (χ4v) is 2.48. The topological polar surface area (TPSA) is 17.3 Å². The van der Waals surface area contributed by atoms with E-state index in [0.29, 0.717) is 6.17 Å². The molecule has 0 amide bonds. The van der Waals surface area contributed by atoms with Crippen molar-refractivity contribution in [2.24, 2.45) is 5.92 Å². The maximum atomic E-state index is 4.73. The zero-order valence-electron chi connectivity index (χ0n) is 8.71. The average Bonchev–Trinajstić information content (AvgIpc) is 2.19. The van der Waals surface area contributed by atoms with Crippen molar-refractivity contribution in [2.75, 3.05) is 19.6 Å². The SMILES string of the molecule is CC1CC[N]C(N2CCCCC2)C1. The maximum Gasteiger partial charge on any atom is 0.0763 e. The van der Waals surface area contributed by atoms with Crippen LogP contribution < -0.4 is 5.32 Å². The predicted molar refractivity (Wildman–Crippen MR) is 54.6 cm³/mol. The van der Waals surface area contributed by atoms with Crippen molar-refractivity contribution in [3.8, 4) is 0 Å². The minimum absolute atomic E-state index is 0.573. The van der Waals surface area contributed by atoms with E-state index in [0.717, 1.165) is 12.5 Å². The zero-order valence-corrected chi connectivity index (χ0v) is 8.71. The molecule has 1 radical (unpaired) electrons. The first kappa shape index (κ1) is 9.47. The number of likely N-dealkylation sites (tertiary alicyclic amines) is 1. The first-order valence-corrected chi connectivity index (χ1v) is 5.77. The highest BCUT2D eigenvalue weighted by Gasteiger charge is 2.25. The van der Waals surface area contributed by atoms with Crippen LogP contribution in [0.25, 0.3) is 0 Å². The van der Waals surface area contributed by atoms with E-state index in [1.165, 1.54) is 45.2 Å². The van der Waals surface area contributed by atoms with E-state index >= 15 is 0 Å². The summed E-state index contributed by atoms with van der Waals surface area (Å²) < 4.78 is 0. The second-order valence-corrected chi connectivity index (χ2v) is 4.61. The Balaban J connectivity index is 1.83. The molecule has 2 heteroatoms. The summed E-state index contributed by atoms with van der Waals surface area (Å²) in [5.74, 6) is 0.893. The molecule has 0 aromatic heterocycles. The fourth-order valence-electron chi connectivity index (χ4n) is 2.48. The smallest absolute Gasteiger partial charge is 0.0763 e. The molecule has 2 atom stereocenters. The Bertz CT molecular complexity index is 152. The second-order valence-electron chi connectivity index (χ2n) is 4.61. The molecular weight excluding hydrogens is 160 g/mol. The van der Waals surface area contributed by atoms with E-state index in [-0.39, 0.29) is 0 Å². The van der Waals surface area contributed by atoms with Gasteiger partial charge in [-0.2, -0.15) is 0 Å². The highest BCUT2D eigenvalue weighted by Crippen LogP contribution is 2.21. The van der Waals surface area contributed by atoms with Gasteiger partial charge in [-0.15, -0.1) is 0 Å². The molecule has 2 unspecified atom stereocenters. The molecule has 0 saturated carbocycles. The van der Waals surface area contributed by atoms with Crippen molar-refractivity contribution >= 4 is 0 Å². The van der Waals surface area contributed by atoms with Crippen molar-refractivity contribution in [2.45, 2.75) is 45.2 Å². The first-order chi connectivity index (χ1) is 6.36. The molecule has 0 aromatic rings. The summed E-state index contributed by atoms with van der Waals surface area (Å²) in [6, 6.07) is 0. The van der Waals surface area contributed by atoms with Crippen molar-refractivity contribution in [3.63, 3.8) is 0 Å². The van der Waals surface area contributed by atoms with Gasteiger partial charge in [0, 0.05) is 6.54 Å². The number of hydrogen-bond donors (Lipinski definition) is 0. The van der Waals surface area contributed by atoms with Gasteiger partial charge in [0.1, 0.15) is 0 Å². The van der Waals surface area contributed by atoms with E-state index in [2.05, 4.69) is 11.8 Å². The van der Waals surface area contributed by atoms with Crippen LogP contribution in [0.4, 0.5) is 0 Å². The highest BCUT2D eigenvalue weighted by atomic mass is 15.3. The lowest BCUT2D eigenvalue weighted by Gasteiger charge is -2.38. The molecule has 0 spiro atoms. The maximum absolute atomic E-state index is 4.73. The van der Waals surface area contributed by atoms with Crippen molar-refractivity contribution < 1.29 is 0 Å². The van der Waals surface area contributed by atoms with E-state index in [1.807, 2.05) is 0 Å². The normalized spacial score (nSPS) is 37.6. The Morgan fingerprint density at radius 3 is 2.62 bits per heavy atom. The Morgan fingerprint density at radius 2 is 1.92 bits per heavy atom. The van der Waals surface area contributed by atoms with Gasteiger partial charge in [0.25, 0.3) is 0 Å². The summed E-state index contributed by atoms with van der Waals surface area (Å²) in [6.45, 7) is 6.05. The van der Waals surface area contributed by atoms with Crippen LogP contribution in [0.1, 0.15) is 39.0 Å². The van der Waals surface area contributed by atoms with Crippen LogP contribution in [0.3, 0.4) is 0 Å². The summed E-state index contributed by atoms with van der Waals surface area (Å²) in [7, 11) is 0. The van der Waals surface area contributed by atoms with Crippen molar-refractivity contribution in [3.05, 3.63) is 0 Å². The van der Waals surface area contributed by atoms with Crippen LogP contribution in [0, 0.1) is 5.92 Å². The molecule has 0 bridgehead atoms. The molecule has 2 aliphatic rings. The molecule has 0 aliphatic carbocycles. The standard InChI is InChI=1S/C11H21N2/c1-10-5-6-12-11(9-10)13-7-3-2-4-8-13/h10-11H,2-9H2,1H3. The van der Waals surface area contributed by atoms with Gasteiger partial charge in [0.05, 0.1) is 6.17 Å². The summed E-state index contributed by atoms with van der Waals surface area (Å²) in [4.78, 5) is 2.60. The largest absolute Gasteiger partial charge is 0.287 e. The van der Waals surface area contributed by atoms with Crippen LogP contribution in [0.2, 0.25) is 0 Å². The molecule has 2 nitrogen and oxygen atoms in total. The Kier molecular flexibility index (Phi) is 3.23. The van der Waals surface area contributed by atoms with Gasteiger partial charge in [-0.25, -0.2) is 5.32 Å². The first-order valence-electron chi connectivity index (χ1n) is 5.77. The fraction of sp³-hybridized carbons (Fsp3) is 1.00. The lowest BCUT2D eigenvalue weighted by molar-refractivity contribution is 0.0937. The molecule has 2 rings (SSSR count). The van der Waals surface area contributed by atoms with E-state index in [4.69, 9.17) is 5.32 Å². The molecule has 2 heterocycles. The molecule has 0 N–H and O–H groups in total. The van der Waals surface area contributed by atoms with Gasteiger partial charge in [-0.1, -0.05) is 13.3 Å². The van der Waals surface area contributed by atoms with Gasteiger partial charge in [0.2, 0.25) is 0 Å². The van der Waals surface area contributed by atoms with Gasteiger partial charge >= 0.3 is 0 Å². The minimum Gasteiger partial charge on any atom is -0.287 e. The second kappa shape index (κ2) is 4.43. The number of piperidine rings is 2. The van der Waals surface area contributed by atoms with Crippen molar-refractivity contribution in [1.29, 1.82) is 0 Å².